The van der Waals surface area contributed by atoms with Crippen LogP contribution in [0.25, 0.3) is 22.2 Å². The number of aromatic nitrogens is 1. The third kappa shape index (κ3) is 4.16. The van der Waals surface area contributed by atoms with Crippen molar-refractivity contribution in [2.75, 3.05) is 25.6 Å². The Labute approximate surface area is 169 Å². The van der Waals surface area contributed by atoms with Gasteiger partial charge in [0.15, 0.2) is 0 Å². The molecule has 2 aromatic carbocycles. The Bertz CT molecular complexity index is 993. The monoisotopic (exact) mass is 398 g/mol. The quantitative estimate of drug-likeness (QED) is 0.606. The molecule has 2 N–H and O–H groups in total. The number of H-pyrrole nitrogens is 1. The maximum Gasteiger partial charge on any atom is 0.309 e. The molecule has 146 valence electrons. The summed E-state index contributed by atoms with van der Waals surface area (Å²) >= 11 is 6.37. The molecule has 2 heterocycles. The number of ether oxygens (including phenoxy) is 2. The summed E-state index contributed by atoms with van der Waals surface area (Å²) in [5, 5.41) is 5.37. The van der Waals surface area contributed by atoms with E-state index in [-0.39, 0.29) is 12.4 Å². The lowest BCUT2D eigenvalue weighted by atomic mass is 10.1. The summed E-state index contributed by atoms with van der Waals surface area (Å²) in [5.41, 5.74) is 4.96. The molecule has 0 spiro atoms. The summed E-state index contributed by atoms with van der Waals surface area (Å²) < 4.78 is 10.2. The van der Waals surface area contributed by atoms with Crippen LogP contribution in [0.4, 0.5) is 5.69 Å². The Balaban J connectivity index is 1.66. The number of carbonyl (C=O) groups excluding carboxylic acids is 1. The van der Waals surface area contributed by atoms with E-state index in [0.29, 0.717) is 11.1 Å². The van der Waals surface area contributed by atoms with E-state index >= 15 is 0 Å². The summed E-state index contributed by atoms with van der Waals surface area (Å²) in [6, 6.07) is 14.3. The van der Waals surface area contributed by atoms with Crippen LogP contribution in [-0.2, 0) is 20.7 Å². The minimum Gasteiger partial charge on any atom is -0.469 e. The van der Waals surface area contributed by atoms with Gasteiger partial charge in [0.25, 0.3) is 0 Å². The number of methoxy groups -OCH3 is 1. The highest BCUT2D eigenvalue weighted by atomic mass is 35.5. The first-order valence-electron chi connectivity index (χ1n) is 9.45. The zero-order valence-electron chi connectivity index (χ0n) is 15.8. The minimum absolute atomic E-state index is 0.247. The van der Waals surface area contributed by atoms with Crippen LogP contribution in [0.3, 0.4) is 0 Å². The van der Waals surface area contributed by atoms with Gasteiger partial charge in [0.05, 0.1) is 24.7 Å². The number of esters is 1. The molecule has 0 saturated carbocycles. The summed E-state index contributed by atoms with van der Waals surface area (Å²) in [7, 11) is 1.40. The Hall–Kier alpha value is -2.50. The lowest BCUT2D eigenvalue weighted by Gasteiger charge is -2.24. The molecule has 3 aromatic rings. The van der Waals surface area contributed by atoms with Crippen molar-refractivity contribution in [3.05, 3.63) is 53.1 Å². The smallest absolute Gasteiger partial charge is 0.309 e. The zero-order valence-corrected chi connectivity index (χ0v) is 16.5. The van der Waals surface area contributed by atoms with Crippen LogP contribution < -0.4 is 5.32 Å². The highest BCUT2D eigenvalue weighted by Gasteiger charge is 2.16. The number of nitrogens with one attached hydrogen (secondary N) is 2. The van der Waals surface area contributed by atoms with E-state index in [1.165, 1.54) is 7.11 Å². The molecule has 1 aliphatic rings. The molecule has 1 saturated heterocycles. The molecular weight excluding hydrogens is 376 g/mol. The summed E-state index contributed by atoms with van der Waals surface area (Å²) in [4.78, 5) is 15.1. The molecule has 4 rings (SSSR count). The van der Waals surface area contributed by atoms with Gasteiger partial charge in [-0.1, -0.05) is 29.8 Å². The van der Waals surface area contributed by atoms with Crippen LogP contribution in [0.2, 0.25) is 5.02 Å². The summed E-state index contributed by atoms with van der Waals surface area (Å²) in [5.74, 6) is -0.247. The fourth-order valence-corrected chi connectivity index (χ4v) is 3.85. The largest absolute Gasteiger partial charge is 0.469 e. The first kappa shape index (κ1) is 18.8. The van der Waals surface area contributed by atoms with Gasteiger partial charge in [-0.3, -0.25) is 4.79 Å². The molecular formula is C22H23ClN2O3. The third-order valence-corrected chi connectivity index (χ3v) is 5.31. The number of anilines is 1. The number of hydrogen-bond donors (Lipinski definition) is 2. The van der Waals surface area contributed by atoms with Crippen molar-refractivity contribution in [1.29, 1.82) is 0 Å². The number of hydrogen-bond acceptors (Lipinski definition) is 4. The molecule has 0 bridgehead atoms. The SMILES string of the molecule is COC(=O)Cc1cccc(-c2cc3cc(Cl)cc(NC4CCOCC4)c3[nH]2)c1. The van der Waals surface area contributed by atoms with Crippen molar-refractivity contribution < 1.29 is 14.3 Å². The van der Waals surface area contributed by atoms with E-state index in [1.807, 2.05) is 36.4 Å². The van der Waals surface area contributed by atoms with E-state index < -0.39 is 0 Å². The fourth-order valence-electron chi connectivity index (χ4n) is 3.63. The number of halogens is 1. The molecule has 1 aromatic heterocycles. The predicted octanol–water partition coefficient (Wildman–Crippen LogP) is 4.79. The van der Waals surface area contributed by atoms with Crippen LogP contribution in [0.1, 0.15) is 18.4 Å². The molecule has 1 fully saturated rings. The second-order valence-corrected chi connectivity index (χ2v) is 7.52. The van der Waals surface area contributed by atoms with Gasteiger partial charge in [-0.15, -0.1) is 0 Å². The Morgan fingerprint density at radius 3 is 2.86 bits per heavy atom. The lowest BCUT2D eigenvalue weighted by Crippen LogP contribution is -2.27. The molecule has 0 unspecified atom stereocenters. The van der Waals surface area contributed by atoms with Crippen LogP contribution >= 0.6 is 11.6 Å². The molecule has 6 heteroatoms. The highest BCUT2D eigenvalue weighted by Crippen LogP contribution is 2.33. The van der Waals surface area contributed by atoms with E-state index in [4.69, 9.17) is 21.1 Å². The maximum absolute atomic E-state index is 11.6. The standard InChI is InChI=1S/C22H23ClN2O3/c1-27-21(26)10-14-3-2-4-15(9-14)19-12-16-11-17(23)13-20(22(16)25-19)24-18-5-7-28-8-6-18/h2-4,9,11-13,18,24-25H,5-8,10H2,1H3. The van der Waals surface area contributed by atoms with Crippen molar-refractivity contribution in [3.63, 3.8) is 0 Å². The van der Waals surface area contributed by atoms with Gasteiger partial charge >= 0.3 is 5.97 Å². The number of aromatic amines is 1. The highest BCUT2D eigenvalue weighted by molar-refractivity contribution is 6.32. The molecule has 0 aliphatic carbocycles. The first-order chi connectivity index (χ1) is 13.6. The van der Waals surface area contributed by atoms with Crippen LogP contribution in [0.5, 0.6) is 0 Å². The number of benzene rings is 2. The second kappa shape index (κ2) is 8.25. The summed E-state index contributed by atoms with van der Waals surface area (Å²) in [6.07, 6.45) is 2.22. The molecule has 1 aliphatic heterocycles. The van der Waals surface area contributed by atoms with E-state index in [9.17, 15) is 4.79 Å². The molecule has 0 atom stereocenters. The van der Waals surface area contributed by atoms with Crippen molar-refractivity contribution >= 4 is 34.2 Å². The van der Waals surface area contributed by atoms with E-state index in [0.717, 1.165) is 59.5 Å². The normalized spacial score (nSPS) is 14.9. The first-order valence-corrected chi connectivity index (χ1v) is 9.83. The zero-order chi connectivity index (χ0) is 19.5. The number of fused-ring (bicyclic) bond motifs is 1. The predicted molar refractivity (Wildman–Crippen MR) is 112 cm³/mol. The van der Waals surface area contributed by atoms with Crippen LogP contribution in [0.15, 0.2) is 42.5 Å². The van der Waals surface area contributed by atoms with Gasteiger partial charge in [-0.2, -0.15) is 0 Å². The van der Waals surface area contributed by atoms with Crippen molar-refractivity contribution in [3.8, 4) is 11.3 Å². The van der Waals surface area contributed by atoms with E-state index in [2.05, 4.69) is 16.4 Å². The topological polar surface area (TPSA) is 63.4 Å². The van der Waals surface area contributed by atoms with Gasteiger partial charge in [0.2, 0.25) is 0 Å². The van der Waals surface area contributed by atoms with E-state index in [1.54, 1.807) is 0 Å². The van der Waals surface area contributed by atoms with Crippen LogP contribution in [-0.4, -0.2) is 37.3 Å². The van der Waals surface area contributed by atoms with Gasteiger partial charge in [-0.25, -0.2) is 0 Å². The Kier molecular flexibility index (Phi) is 5.55. The Morgan fingerprint density at radius 2 is 2.07 bits per heavy atom. The molecule has 0 amide bonds. The molecule has 5 nitrogen and oxygen atoms in total. The minimum atomic E-state index is -0.247. The van der Waals surface area contributed by atoms with Crippen molar-refractivity contribution in [2.24, 2.45) is 0 Å². The van der Waals surface area contributed by atoms with Crippen molar-refractivity contribution in [2.45, 2.75) is 25.3 Å². The van der Waals surface area contributed by atoms with Crippen LogP contribution in [0, 0.1) is 0 Å². The molecule has 0 radical (unpaired) electrons. The van der Waals surface area contributed by atoms with Gasteiger partial charge in [0, 0.05) is 35.4 Å². The van der Waals surface area contributed by atoms with Gasteiger partial charge in [-0.05, 0) is 48.2 Å². The fraction of sp³-hybridized carbons (Fsp3) is 0.318. The maximum atomic E-state index is 11.6. The number of rotatable bonds is 5. The summed E-state index contributed by atoms with van der Waals surface area (Å²) in [6.45, 7) is 1.56. The second-order valence-electron chi connectivity index (χ2n) is 7.08. The third-order valence-electron chi connectivity index (χ3n) is 5.09. The van der Waals surface area contributed by atoms with Gasteiger partial charge < -0.3 is 19.8 Å². The molecule has 28 heavy (non-hydrogen) atoms. The average Bonchev–Trinajstić information content (AvgIpc) is 3.13. The Morgan fingerprint density at radius 1 is 1.25 bits per heavy atom. The average molecular weight is 399 g/mol. The number of carbonyl (C=O) groups is 1. The van der Waals surface area contributed by atoms with Crippen molar-refractivity contribution in [1.82, 2.24) is 4.98 Å². The van der Waals surface area contributed by atoms with Gasteiger partial charge in [0.1, 0.15) is 0 Å². The lowest BCUT2D eigenvalue weighted by molar-refractivity contribution is -0.139.